The van der Waals surface area contributed by atoms with E-state index in [0.717, 1.165) is 31.4 Å². The maximum absolute atomic E-state index is 13.1. The Hall–Kier alpha value is -2.60. The molecule has 1 aliphatic heterocycles. The zero-order valence-corrected chi connectivity index (χ0v) is 18.9. The van der Waals surface area contributed by atoms with Crippen molar-refractivity contribution in [2.45, 2.75) is 30.6 Å². The first-order chi connectivity index (χ1) is 15.4. The van der Waals surface area contributed by atoms with Crippen LogP contribution in [0, 0.1) is 0 Å². The van der Waals surface area contributed by atoms with Gasteiger partial charge in [-0.05, 0) is 43.9 Å². The van der Waals surface area contributed by atoms with E-state index in [0.29, 0.717) is 29.2 Å². The van der Waals surface area contributed by atoms with E-state index in [1.165, 1.54) is 44.8 Å². The molecule has 9 nitrogen and oxygen atoms in total. The molecule has 11 heteroatoms. The van der Waals surface area contributed by atoms with Crippen LogP contribution in [0.5, 0.6) is 0 Å². The second kappa shape index (κ2) is 8.39. The van der Waals surface area contributed by atoms with Gasteiger partial charge in [0.1, 0.15) is 0 Å². The number of pyridine rings is 1. The summed E-state index contributed by atoms with van der Waals surface area (Å²) in [7, 11) is -3.75. The van der Waals surface area contributed by atoms with Gasteiger partial charge in [0.15, 0.2) is 5.13 Å². The molecule has 32 heavy (non-hydrogen) atoms. The largest absolute Gasteiger partial charge is 0.379 e. The Morgan fingerprint density at radius 3 is 2.72 bits per heavy atom. The lowest BCUT2D eigenvalue weighted by atomic mass is 10.0. The lowest BCUT2D eigenvalue weighted by molar-refractivity contribution is 0.0730. The third-order valence-corrected chi connectivity index (χ3v) is 8.70. The second-order valence-corrected chi connectivity index (χ2v) is 10.8. The SMILES string of the molecule is O=C(Nc1nc2c(s1)CCCC2)c1cc(=O)[nH]c2ccc(S(=O)(=O)N3CCOCC3)cc12. The van der Waals surface area contributed by atoms with Crippen molar-refractivity contribution in [1.82, 2.24) is 14.3 Å². The van der Waals surface area contributed by atoms with E-state index in [4.69, 9.17) is 4.74 Å². The lowest BCUT2D eigenvalue weighted by Gasteiger charge is -2.26. The van der Waals surface area contributed by atoms with Gasteiger partial charge in [-0.25, -0.2) is 13.4 Å². The number of rotatable bonds is 4. The summed E-state index contributed by atoms with van der Waals surface area (Å²) in [6.07, 6.45) is 4.06. The van der Waals surface area contributed by atoms with Crippen molar-refractivity contribution < 1.29 is 17.9 Å². The number of anilines is 1. The minimum absolute atomic E-state index is 0.0673. The van der Waals surface area contributed by atoms with Gasteiger partial charge in [-0.2, -0.15) is 4.31 Å². The van der Waals surface area contributed by atoms with Crippen LogP contribution < -0.4 is 10.9 Å². The third-order valence-electron chi connectivity index (χ3n) is 5.73. The number of thiazole rings is 1. The maximum Gasteiger partial charge on any atom is 0.258 e. The molecule has 3 heterocycles. The van der Waals surface area contributed by atoms with Crippen molar-refractivity contribution >= 4 is 43.3 Å². The number of H-pyrrole nitrogens is 1. The molecule has 0 radical (unpaired) electrons. The van der Waals surface area contributed by atoms with Crippen molar-refractivity contribution in [2.24, 2.45) is 0 Å². The topological polar surface area (TPSA) is 121 Å². The fraction of sp³-hybridized carbons (Fsp3) is 0.381. The van der Waals surface area contributed by atoms with Gasteiger partial charge in [0, 0.05) is 34.9 Å². The molecule has 0 bridgehead atoms. The normalized spacial score (nSPS) is 17.2. The van der Waals surface area contributed by atoms with E-state index >= 15 is 0 Å². The first kappa shape index (κ1) is 21.3. The van der Waals surface area contributed by atoms with Gasteiger partial charge < -0.3 is 9.72 Å². The smallest absolute Gasteiger partial charge is 0.258 e. The minimum Gasteiger partial charge on any atom is -0.379 e. The van der Waals surface area contributed by atoms with Gasteiger partial charge in [0.2, 0.25) is 15.6 Å². The van der Waals surface area contributed by atoms with Crippen LogP contribution in [-0.2, 0) is 27.6 Å². The van der Waals surface area contributed by atoms with Gasteiger partial charge in [-0.15, -0.1) is 11.3 Å². The van der Waals surface area contributed by atoms with Gasteiger partial charge in [-0.3, -0.25) is 14.9 Å². The molecule has 3 aromatic rings. The molecule has 1 aliphatic carbocycles. The fourth-order valence-electron chi connectivity index (χ4n) is 4.09. The molecular weight excluding hydrogens is 452 g/mol. The van der Waals surface area contributed by atoms with Gasteiger partial charge >= 0.3 is 0 Å². The molecule has 0 atom stereocenters. The number of carbonyl (C=O) groups is 1. The van der Waals surface area contributed by atoms with Gasteiger partial charge in [0.05, 0.1) is 29.4 Å². The third kappa shape index (κ3) is 3.96. The summed E-state index contributed by atoms with van der Waals surface area (Å²) >= 11 is 1.45. The molecule has 0 spiro atoms. The van der Waals surface area contributed by atoms with E-state index in [2.05, 4.69) is 15.3 Å². The zero-order chi connectivity index (χ0) is 22.3. The zero-order valence-electron chi connectivity index (χ0n) is 17.2. The quantitative estimate of drug-likeness (QED) is 0.598. The molecule has 1 fully saturated rings. The van der Waals surface area contributed by atoms with Crippen LogP contribution in [0.2, 0.25) is 0 Å². The van der Waals surface area contributed by atoms with E-state index < -0.39 is 21.5 Å². The highest BCUT2D eigenvalue weighted by atomic mass is 32.2. The minimum atomic E-state index is -3.75. The Morgan fingerprint density at radius 2 is 1.94 bits per heavy atom. The number of amides is 1. The first-order valence-corrected chi connectivity index (χ1v) is 12.7. The summed E-state index contributed by atoms with van der Waals surface area (Å²) in [6.45, 7) is 1.22. The van der Waals surface area contributed by atoms with Crippen LogP contribution in [0.4, 0.5) is 5.13 Å². The number of aromatic amines is 1. The summed E-state index contributed by atoms with van der Waals surface area (Å²) in [4.78, 5) is 33.7. The summed E-state index contributed by atoms with van der Waals surface area (Å²) in [5, 5.41) is 3.65. The average Bonchev–Trinajstić information content (AvgIpc) is 3.21. The van der Waals surface area contributed by atoms with E-state index in [-0.39, 0.29) is 23.5 Å². The van der Waals surface area contributed by atoms with Crippen LogP contribution in [0.1, 0.15) is 33.8 Å². The average molecular weight is 475 g/mol. The van der Waals surface area contributed by atoms with Crippen LogP contribution in [0.3, 0.4) is 0 Å². The number of hydrogen-bond acceptors (Lipinski definition) is 7. The Bertz CT molecular complexity index is 1330. The second-order valence-electron chi connectivity index (χ2n) is 7.82. The summed E-state index contributed by atoms with van der Waals surface area (Å²) < 4.78 is 32.8. The molecular formula is C21H22N4O5S2. The number of aryl methyl sites for hydroxylation is 2. The van der Waals surface area contributed by atoms with Crippen LogP contribution in [0.15, 0.2) is 34.0 Å². The van der Waals surface area contributed by atoms with Crippen molar-refractivity contribution in [3.63, 3.8) is 0 Å². The Balaban J connectivity index is 1.52. The number of aromatic nitrogens is 2. The number of carbonyl (C=O) groups excluding carboxylic acids is 1. The van der Waals surface area contributed by atoms with Crippen molar-refractivity contribution in [2.75, 3.05) is 31.6 Å². The number of fused-ring (bicyclic) bond motifs is 2. The Labute approximate surface area is 188 Å². The Morgan fingerprint density at radius 1 is 1.16 bits per heavy atom. The molecule has 1 aromatic carbocycles. The molecule has 1 amide bonds. The maximum atomic E-state index is 13.1. The molecule has 2 aromatic heterocycles. The van der Waals surface area contributed by atoms with Gasteiger partial charge in [-0.1, -0.05) is 0 Å². The summed E-state index contributed by atoms with van der Waals surface area (Å²) in [6, 6.07) is 5.59. The number of nitrogens with zero attached hydrogens (tertiary/aromatic N) is 2. The van der Waals surface area contributed by atoms with E-state index in [1.807, 2.05) is 0 Å². The highest BCUT2D eigenvalue weighted by molar-refractivity contribution is 7.89. The summed E-state index contributed by atoms with van der Waals surface area (Å²) in [5.41, 5.74) is 1.08. The fourth-order valence-corrected chi connectivity index (χ4v) is 6.57. The van der Waals surface area contributed by atoms with Crippen molar-refractivity contribution in [3.8, 4) is 0 Å². The number of nitrogens with one attached hydrogen (secondary N) is 2. The number of ether oxygens (including phenoxy) is 1. The van der Waals surface area contributed by atoms with E-state index in [1.54, 1.807) is 0 Å². The molecule has 0 unspecified atom stereocenters. The monoisotopic (exact) mass is 474 g/mol. The molecule has 168 valence electrons. The number of sulfonamides is 1. The number of morpholine rings is 1. The predicted octanol–water partition coefficient (Wildman–Crippen LogP) is 2.14. The highest BCUT2D eigenvalue weighted by Gasteiger charge is 2.27. The van der Waals surface area contributed by atoms with E-state index in [9.17, 15) is 18.0 Å². The van der Waals surface area contributed by atoms with Gasteiger partial charge in [0.25, 0.3) is 5.91 Å². The van der Waals surface area contributed by atoms with Crippen LogP contribution >= 0.6 is 11.3 Å². The van der Waals surface area contributed by atoms with Crippen LogP contribution in [0.25, 0.3) is 10.9 Å². The van der Waals surface area contributed by atoms with Crippen molar-refractivity contribution in [1.29, 1.82) is 0 Å². The molecule has 0 saturated carbocycles. The lowest BCUT2D eigenvalue weighted by Crippen LogP contribution is -2.40. The standard InChI is InChI=1S/C21H22N4O5S2/c26-19-12-15(20(27)24-21-23-17-3-1-2-4-18(17)31-21)14-11-13(5-6-16(14)22-19)32(28,29)25-7-9-30-10-8-25/h5-6,11-12H,1-4,7-10H2,(H,22,26)(H,23,24,27). The summed E-state index contributed by atoms with van der Waals surface area (Å²) in [5.74, 6) is -0.492. The Kier molecular flexibility index (Phi) is 5.58. The molecule has 2 aliphatic rings. The predicted molar refractivity (Wildman–Crippen MR) is 121 cm³/mol. The first-order valence-electron chi connectivity index (χ1n) is 10.5. The molecule has 1 saturated heterocycles. The number of benzene rings is 1. The molecule has 5 rings (SSSR count). The highest BCUT2D eigenvalue weighted by Crippen LogP contribution is 2.30. The van der Waals surface area contributed by atoms with Crippen LogP contribution in [-0.4, -0.2) is 54.9 Å². The number of hydrogen-bond donors (Lipinski definition) is 2. The van der Waals surface area contributed by atoms with Crippen molar-refractivity contribution in [3.05, 3.63) is 50.8 Å². The molecule has 2 N–H and O–H groups in total.